The zero-order valence-corrected chi connectivity index (χ0v) is 12.6. The van der Waals surface area contributed by atoms with Crippen molar-refractivity contribution < 1.29 is 0 Å². The monoisotopic (exact) mass is 251 g/mol. The van der Waals surface area contributed by atoms with Gasteiger partial charge in [0.15, 0.2) is 0 Å². The molecule has 1 N–H and O–H groups in total. The lowest BCUT2D eigenvalue weighted by molar-refractivity contribution is 0.500. The standard InChI is InChI=1S/C17H33N/c1-3-5-6-7-8-9-10-11-12-13-17-15-14-16(4-2)18-17/h14,17-18H,3-13,15H2,1-2H3. The number of allylic oxidation sites excluding steroid dienone is 1. The predicted octanol–water partition coefficient (Wildman–Crippen LogP) is 5.56. The van der Waals surface area contributed by atoms with Crippen LogP contribution in [0.1, 0.15) is 90.9 Å². The Morgan fingerprint density at radius 1 is 0.944 bits per heavy atom. The molecule has 1 nitrogen and oxygen atoms in total. The number of nitrogens with one attached hydrogen (secondary N) is 1. The highest BCUT2D eigenvalue weighted by molar-refractivity contribution is 5.08. The Bertz CT molecular complexity index is 220. The van der Waals surface area contributed by atoms with Crippen LogP contribution in [0.4, 0.5) is 0 Å². The zero-order chi connectivity index (χ0) is 13.1. The summed E-state index contributed by atoms with van der Waals surface area (Å²) in [7, 11) is 0. The highest BCUT2D eigenvalue weighted by Gasteiger charge is 2.13. The number of hydrogen-bond donors (Lipinski definition) is 1. The molecule has 0 aromatic rings. The summed E-state index contributed by atoms with van der Waals surface area (Å²) < 4.78 is 0. The topological polar surface area (TPSA) is 12.0 Å². The first-order chi connectivity index (χ1) is 8.86. The first-order valence-electron chi connectivity index (χ1n) is 8.32. The van der Waals surface area contributed by atoms with E-state index in [1.807, 2.05) is 0 Å². The Morgan fingerprint density at radius 3 is 2.11 bits per heavy atom. The molecule has 0 bridgehead atoms. The van der Waals surface area contributed by atoms with E-state index >= 15 is 0 Å². The molecule has 0 saturated heterocycles. The van der Waals surface area contributed by atoms with Gasteiger partial charge >= 0.3 is 0 Å². The molecule has 1 heteroatoms. The molecule has 0 aliphatic carbocycles. The quantitative estimate of drug-likeness (QED) is 0.474. The molecule has 1 atom stereocenters. The van der Waals surface area contributed by atoms with E-state index in [9.17, 15) is 0 Å². The van der Waals surface area contributed by atoms with Crippen molar-refractivity contribution in [1.29, 1.82) is 0 Å². The fraction of sp³-hybridized carbons (Fsp3) is 0.882. The summed E-state index contributed by atoms with van der Waals surface area (Å²) in [5.41, 5.74) is 1.47. The average Bonchev–Trinajstić information content (AvgIpc) is 2.85. The summed E-state index contributed by atoms with van der Waals surface area (Å²) in [5.74, 6) is 0. The minimum atomic E-state index is 0.754. The molecule has 1 aliphatic rings. The highest BCUT2D eigenvalue weighted by Crippen LogP contribution is 2.17. The van der Waals surface area contributed by atoms with E-state index < -0.39 is 0 Å². The molecule has 1 unspecified atom stereocenters. The Labute approximate surface area is 114 Å². The van der Waals surface area contributed by atoms with Gasteiger partial charge in [0.2, 0.25) is 0 Å². The van der Waals surface area contributed by atoms with Crippen LogP contribution < -0.4 is 5.32 Å². The minimum Gasteiger partial charge on any atom is -0.386 e. The fourth-order valence-electron chi connectivity index (χ4n) is 2.80. The SMILES string of the molecule is CCCCCCCCCCCC1CC=C(CC)N1. The normalized spacial score (nSPS) is 18.8. The maximum Gasteiger partial charge on any atom is 0.0293 e. The van der Waals surface area contributed by atoms with E-state index in [2.05, 4.69) is 25.2 Å². The van der Waals surface area contributed by atoms with Crippen LogP contribution in [-0.4, -0.2) is 6.04 Å². The van der Waals surface area contributed by atoms with Gasteiger partial charge in [0.1, 0.15) is 0 Å². The van der Waals surface area contributed by atoms with Crippen molar-refractivity contribution in [3.63, 3.8) is 0 Å². The minimum absolute atomic E-state index is 0.754. The first-order valence-corrected chi connectivity index (χ1v) is 8.32. The van der Waals surface area contributed by atoms with Crippen molar-refractivity contribution in [2.75, 3.05) is 0 Å². The van der Waals surface area contributed by atoms with Gasteiger partial charge in [0.25, 0.3) is 0 Å². The van der Waals surface area contributed by atoms with Gasteiger partial charge in [-0.15, -0.1) is 0 Å². The van der Waals surface area contributed by atoms with Crippen LogP contribution in [0, 0.1) is 0 Å². The second kappa shape index (κ2) is 10.5. The third-order valence-corrected chi connectivity index (χ3v) is 4.08. The molecule has 0 radical (unpaired) electrons. The van der Waals surface area contributed by atoms with E-state index in [0.717, 1.165) is 6.04 Å². The van der Waals surface area contributed by atoms with Crippen LogP contribution in [0.15, 0.2) is 11.8 Å². The van der Waals surface area contributed by atoms with Crippen molar-refractivity contribution in [3.8, 4) is 0 Å². The van der Waals surface area contributed by atoms with Crippen molar-refractivity contribution in [1.82, 2.24) is 5.32 Å². The van der Waals surface area contributed by atoms with Crippen molar-refractivity contribution in [3.05, 3.63) is 11.8 Å². The van der Waals surface area contributed by atoms with Crippen LogP contribution >= 0.6 is 0 Å². The summed E-state index contributed by atoms with van der Waals surface area (Å²) in [5, 5.41) is 3.63. The van der Waals surface area contributed by atoms with Crippen LogP contribution in [-0.2, 0) is 0 Å². The van der Waals surface area contributed by atoms with Crippen LogP contribution in [0.25, 0.3) is 0 Å². The van der Waals surface area contributed by atoms with Gasteiger partial charge in [0.05, 0.1) is 0 Å². The van der Waals surface area contributed by atoms with Crippen LogP contribution in [0.5, 0.6) is 0 Å². The summed E-state index contributed by atoms with van der Waals surface area (Å²) in [6.07, 6.45) is 19.1. The molecule has 1 rings (SSSR count). The maximum absolute atomic E-state index is 3.63. The van der Waals surface area contributed by atoms with E-state index in [1.165, 1.54) is 82.7 Å². The van der Waals surface area contributed by atoms with Gasteiger partial charge in [0, 0.05) is 11.7 Å². The molecule has 0 fully saturated rings. The second-order valence-corrected chi connectivity index (χ2v) is 5.78. The molecule has 0 amide bonds. The van der Waals surface area contributed by atoms with E-state index in [0.29, 0.717) is 0 Å². The van der Waals surface area contributed by atoms with Gasteiger partial charge in [-0.05, 0) is 19.3 Å². The Morgan fingerprint density at radius 2 is 1.56 bits per heavy atom. The molecule has 1 heterocycles. The van der Waals surface area contributed by atoms with Crippen molar-refractivity contribution >= 4 is 0 Å². The lowest BCUT2D eigenvalue weighted by Crippen LogP contribution is -2.22. The van der Waals surface area contributed by atoms with Gasteiger partial charge in [-0.1, -0.05) is 77.7 Å². The number of hydrogen-bond acceptors (Lipinski definition) is 1. The smallest absolute Gasteiger partial charge is 0.0293 e. The molecule has 0 aromatic heterocycles. The van der Waals surface area contributed by atoms with Gasteiger partial charge in [-0.3, -0.25) is 0 Å². The molecule has 106 valence electrons. The van der Waals surface area contributed by atoms with Crippen molar-refractivity contribution in [2.24, 2.45) is 0 Å². The molecular formula is C17H33N. The third kappa shape index (κ3) is 7.08. The van der Waals surface area contributed by atoms with Crippen LogP contribution in [0.3, 0.4) is 0 Å². The lowest BCUT2D eigenvalue weighted by atomic mass is 10.0. The summed E-state index contributed by atoms with van der Waals surface area (Å²) >= 11 is 0. The van der Waals surface area contributed by atoms with E-state index in [-0.39, 0.29) is 0 Å². The van der Waals surface area contributed by atoms with Gasteiger partial charge in [-0.25, -0.2) is 0 Å². The Hall–Kier alpha value is -0.460. The van der Waals surface area contributed by atoms with E-state index in [4.69, 9.17) is 0 Å². The fourth-order valence-corrected chi connectivity index (χ4v) is 2.80. The summed E-state index contributed by atoms with van der Waals surface area (Å²) in [6.45, 7) is 4.52. The van der Waals surface area contributed by atoms with E-state index in [1.54, 1.807) is 0 Å². The second-order valence-electron chi connectivity index (χ2n) is 5.78. The molecule has 0 aromatic carbocycles. The molecule has 0 spiro atoms. The number of unbranched alkanes of at least 4 members (excludes halogenated alkanes) is 8. The molecular weight excluding hydrogens is 218 g/mol. The summed E-state index contributed by atoms with van der Waals surface area (Å²) in [6, 6.07) is 0.754. The molecule has 0 saturated carbocycles. The number of rotatable bonds is 11. The predicted molar refractivity (Wildman–Crippen MR) is 81.8 cm³/mol. The Kier molecular flexibility index (Phi) is 9.06. The third-order valence-electron chi connectivity index (χ3n) is 4.08. The zero-order valence-electron chi connectivity index (χ0n) is 12.6. The maximum atomic E-state index is 3.63. The Balaban J connectivity index is 1.79. The van der Waals surface area contributed by atoms with Gasteiger partial charge < -0.3 is 5.32 Å². The molecule has 1 aliphatic heterocycles. The largest absolute Gasteiger partial charge is 0.386 e. The molecule has 18 heavy (non-hydrogen) atoms. The summed E-state index contributed by atoms with van der Waals surface area (Å²) in [4.78, 5) is 0. The lowest BCUT2D eigenvalue weighted by Gasteiger charge is -2.12. The van der Waals surface area contributed by atoms with Crippen LogP contribution in [0.2, 0.25) is 0 Å². The average molecular weight is 251 g/mol. The van der Waals surface area contributed by atoms with Gasteiger partial charge in [-0.2, -0.15) is 0 Å². The highest BCUT2D eigenvalue weighted by atomic mass is 14.9. The van der Waals surface area contributed by atoms with Crippen molar-refractivity contribution in [2.45, 2.75) is 96.9 Å². The first kappa shape index (κ1) is 15.6.